The molecule has 6 nitrogen and oxygen atoms in total. The Morgan fingerprint density at radius 2 is 2.00 bits per heavy atom. The second-order valence-corrected chi connectivity index (χ2v) is 5.90. The number of benzene rings is 1. The lowest BCUT2D eigenvalue weighted by Crippen LogP contribution is -2.44. The molecule has 0 saturated heterocycles. The van der Waals surface area contributed by atoms with E-state index in [4.69, 9.17) is 18.9 Å². The van der Waals surface area contributed by atoms with Gasteiger partial charge in [0.2, 0.25) is 0 Å². The Morgan fingerprint density at radius 1 is 1.24 bits per heavy atom. The quantitative estimate of drug-likeness (QED) is 0.668. The molecule has 1 aromatic heterocycles. The molecule has 0 bridgehead atoms. The molecule has 1 N–H and O–H groups in total. The Hall–Kier alpha value is -2.63. The fourth-order valence-corrected chi connectivity index (χ4v) is 3.05. The number of rotatable bonds is 5. The maximum Gasteiger partial charge on any atom is 0.194 e. The SMILES string of the molecule is CCNC(=NCc1ccco1)N1CCc2cc(OC)c(OC)cc2C1. The van der Waals surface area contributed by atoms with Crippen molar-refractivity contribution >= 4 is 5.96 Å². The van der Waals surface area contributed by atoms with Crippen molar-refractivity contribution in [2.24, 2.45) is 4.99 Å². The summed E-state index contributed by atoms with van der Waals surface area (Å²) in [6.45, 7) is 5.14. The summed E-state index contributed by atoms with van der Waals surface area (Å²) in [7, 11) is 3.34. The maximum absolute atomic E-state index is 5.44. The molecule has 1 aliphatic heterocycles. The van der Waals surface area contributed by atoms with Gasteiger partial charge in [0, 0.05) is 19.6 Å². The van der Waals surface area contributed by atoms with Gasteiger partial charge in [-0.05, 0) is 48.7 Å². The summed E-state index contributed by atoms with van der Waals surface area (Å²) in [5, 5.41) is 3.38. The van der Waals surface area contributed by atoms with Crippen LogP contribution < -0.4 is 14.8 Å². The van der Waals surface area contributed by atoms with Crippen LogP contribution in [0.4, 0.5) is 0 Å². The minimum atomic E-state index is 0.532. The van der Waals surface area contributed by atoms with Crippen LogP contribution in [0, 0.1) is 0 Å². The van der Waals surface area contributed by atoms with Gasteiger partial charge < -0.3 is 24.1 Å². The van der Waals surface area contributed by atoms with E-state index in [0.29, 0.717) is 6.54 Å². The molecule has 2 heterocycles. The zero-order valence-corrected chi connectivity index (χ0v) is 15.0. The summed E-state index contributed by atoms with van der Waals surface area (Å²) in [4.78, 5) is 6.98. The van der Waals surface area contributed by atoms with Gasteiger partial charge in [0.1, 0.15) is 12.3 Å². The number of guanidine groups is 1. The number of aliphatic imine (C=N–C) groups is 1. The normalized spacial score (nSPS) is 14.2. The fraction of sp³-hybridized carbons (Fsp3) is 0.421. The second kappa shape index (κ2) is 7.96. The molecule has 3 rings (SSSR count). The predicted octanol–water partition coefficient (Wildman–Crippen LogP) is 2.82. The van der Waals surface area contributed by atoms with E-state index >= 15 is 0 Å². The molecule has 0 unspecified atom stereocenters. The number of furan rings is 1. The lowest BCUT2D eigenvalue weighted by Gasteiger charge is -2.32. The maximum atomic E-state index is 5.44. The minimum Gasteiger partial charge on any atom is -0.493 e. The van der Waals surface area contributed by atoms with E-state index < -0.39 is 0 Å². The third kappa shape index (κ3) is 3.90. The van der Waals surface area contributed by atoms with Gasteiger partial charge in [-0.25, -0.2) is 4.99 Å². The predicted molar refractivity (Wildman–Crippen MR) is 97.2 cm³/mol. The number of nitrogens with one attached hydrogen (secondary N) is 1. The topological polar surface area (TPSA) is 59.2 Å². The minimum absolute atomic E-state index is 0.532. The van der Waals surface area contributed by atoms with Crippen molar-refractivity contribution in [3.05, 3.63) is 47.4 Å². The Balaban J connectivity index is 1.80. The van der Waals surface area contributed by atoms with Crippen molar-refractivity contribution in [2.45, 2.75) is 26.4 Å². The molecule has 1 aliphatic rings. The molecular formula is C19H25N3O3. The molecule has 25 heavy (non-hydrogen) atoms. The number of fused-ring (bicyclic) bond motifs is 1. The van der Waals surface area contributed by atoms with Gasteiger partial charge in [-0.1, -0.05) is 0 Å². The molecule has 0 atom stereocenters. The van der Waals surface area contributed by atoms with Crippen LogP contribution in [-0.4, -0.2) is 38.2 Å². The van der Waals surface area contributed by atoms with Gasteiger partial charge in [0.25, 0.3) is 0 Å². The van der Waals surface area contributed by atoms with E-state index in [1.807, 2.05) is 12.1 Å². The van der Waals surface area contributed by atoms with Crippen molar-refractivity contribution in [3.63, 3.8) is 0 Å². The van der Waals surface area contributed by atoms with Crippen LogP contribution in [0.2, 0.25) is 0 Å². The molecule has 0 fully saturated rings. The van der Waals surface area contributed by atoms with Crippen LogP contribution in [0.5, 0.6) is 11.5 Å². The van der Waals surface area contributed by atoms with Gasteiger partial charge in [0.05, 0.1) is 20.5 Å². The zero-order valence-electron chi connectivity index (χ0n) is 15.0. The Bertz CT molecular complexity index is 726. The van der Waals surface area contributed by atoms with E-state index in [1.54, 1.807) is 20.5 Å². The number of methoxy groups -OCH3 is 2. The first-order valence-corrected chi connectivity index (χ1v) is 8.54. The van der Waals surface area contributed by atoms with Gasteiger partial charge >= 0.3 is 0 Å². The lowest BCUT2D eigenvalue weighted by atomic mass is 9.99. The lowest BCUT2D eigenvalue weighted by molar-refractivity contribution is 0.345. The summed E-state index contributed by atoms with van der Waals surface area (Å²) >= 11 is 0. The van der Waals surface area contributed by atoms with E-state index in [-0.39, 0.29) is 0 Å². The highest BCUT2D eigenvalue weighted by atomic mass is 16.5. The van der Waals surface area contributed by atoms with Crippen molar-refractivity contribution in [1.82, 2.24) is 10.2 Å². The third-order valence-corrected chi connectivity index (χ3v) is 4.32. The Morgan fingerprint density at radius 3 is 2.64 bits per heavy atom. The highest BCUT2D eigenvalue weighted by Gasteiger charge is 2.21. The number of hydrogen-bond donors (Lipinski definition) is 1. The molecule has 2 aromatic rings. The third-order valence-electron chi connectivity index (χ3n) is 4.32. The molecule has 1 aromatic carbocycles. The smallest absolute Gasteiger partial charge is 0.194 e. The average Bonchev–Trinajstić information content (AvgIpc) is 3.17. The molecule has 0 radical (unpaired) electrons. The summed E-state index contributed by atoms with van der Waals surface area (Å²) in [5.41, 5.74) is 2.54. The van der Waals surface area contributed by atoms with Crippen molar-refractivity contribution in [1.29, 1.82) is 0 Å². The number of nitrogens with zero attached hydrogens (tertiary/aromatic N) is 2. The van der Waals surface area contributed by atoms with Gasteiger partial charge in [-0.3, -0.25) is 0 Å². The summed E-state index contributed by atoms with van der Waals surface area (Å²) in [6.07, 6.45) is 2.62. The largest absolute Gasteiger partial charge is 0.493 e. The van der Waals surface area contributed by atoms with Gasteiger partial charge in [0.15, 0.2) is 17.5 Å². The molecular weight excluding hydrogens is 318 g/mol. The first kappa shape index (κ1) is 17.2. The van der Waals surface area contributed by atoms with Gasteiger partial charge in [-0.2, -0.15) is 0 Å². The zero-order chi connectivity index (χ0) is 17.6. The van der Waals surface area contributed by atoms with Crippen LogP contribution in [-0.2, 0) is 19.5 Å². The van der Waals surface area contributed by atoms with Crippen molar-refractivity contribution in [3.8, 4) is 11.5 Å². The first-order chi connectivity index (χ1) is 12.2. The van der Waals surface area contributed by atoms with E-state index in [1.165, 1.54) is 11.1 Å². The fourth-order valence-electron chi connectivity index (χ4n) is 3.05. The van der Waals surface area contributed by atoms with Crippen LogP contribution in [0.1, 0.15) is 23.8 Å². The standard InChI is InChI=1S/C19H25N3O3/c1-4-20-19(21-12-16-6-5-9-25-16)22-8-7-14-10-17(23-2)18(24-3)11-15(14)13-22/h5-6,9-11H,4,7-8,12-13H2,1-3H3,(H,20,21). The summed E-state index contributed by atoms with van der Waals surface area (Å²) in [6, 6.07) is 7.97. The average molecular weight is 343 g/mol. The Labute approximate surface area is 148 Å². The Kier molecular flexibility index (Phi) is 5.48. The second-order valence-electron chi connectivity index (χ2n) is 5.90. The highest BCUT2D eigenvalue weighted by Crippen LogP contribution is 2.33. The van der Waals surface area contributed by atoms with Crippen LogP contribution in [0.3, 0.4) is 0 Å². The molecule has 0 spiro atoms. The number of hydrogen-bond acceptors (Lipinski definition) is 4. The van der Waals surface area contributed by atoms with Crippen molar-refractivity contribution in [2.75, 3.05) is 27.3 Å². The van der Waals surface area contributed by atoms with Crippen LogP contribution in [0.25, 0.3) is 0 Å². The summed E-state index contributed by atoms with van der Waals surface area (Å²) < 4.78 is 16.2. The highest BCUT2D eigenvalue weighted by molar-refractivity contribution is 5.80. The van der Waals surface area contributed by atoms with Crippen LogP contribution in [0.15, 0.2) is 39.9 Å². The van der Waals surface area contributed by atoms with Gasteiger partial charge in [-0.15, -0.1) is 0 Å². The van der Waals surface area contributed by atoms with E-state index in [2.05, 4.69) is 29.3 Å². The first-order valence-electron chi connectivity index (χ1n) is 8.54. The van der Waals surface area contributed by atoms with Crippen molar-refractivity contribution < 1.29 is 13.9 Å². The molecule has 0 saturated carbocycles. The number of ether oxygens (including phenoxy) is 2. The molecule has 134 valence electrons. The molecule has 0 aliphatic carbocycles. The van der Waals surface area contributed by atoms with E-state index in [9.17, 15) is 0 Å². The van der Waals surface area contributed by atoms with Crippen LogP contribution >= 0.6 is 0 Å². The molecule has 6 heteroatoms. The monoisotopic (exact) mass is 343 g/mol. The summed E-state index contributed by atoms with van der Waals surface area (Å²) in [5.74, 6) is 3.31. The van der Waals surface area contributed by atoms with E-state index in [0.717, 1.165) is 49.3 Å². The molecule has 0 amide bonds.